The summed E-state index contributed by atoms with van der Waals surface area (Å²) >= 11 is 0. The van der Waals surface area contributed by atoms with Crippen LogP contribution < -0.4 is 9.30 Å². The van der Waals surface area contributed by atoms with Gasteiger partial charge >= 0.3 is 5.97 Å². The van der Waals surface area contributed by atoms with Crippen molar-refractivity contribution in [3.8, 4) is 5.75 Å². The van der Waals surface area contributed by atoms with E-state index in [1.807, 2.05) is 65.4 Å². The van der Waals surface area contributed by atoms with Gasteiger partial charge in [-0.1, -0.05) is 19.1 Å². The average molecular weight is 358 g/mol. The van der Waals surface area contributed by atoms with Gasteiger partial charge in [-0.3, -0.25) is 9.79 Å². The van der Waals surface area contributed by atoms with Crippen molar-refractivity contribution in [3.63, 3.8) is 0 Å². The van der Waals surface area contributed by atoms with E-state index in [1.165, 1.54) is 0 Å². The molecule has 26 heavy (non-hydrogen) atoms. The Hall–Kier alpha value is -2.63. The third-order valence-corrected chi connectivity index (χ3v) is 3.72. The van der Waals surface area contributed by atoms with Gasteiger partial charge in [-0.15, -0.1) is 0 Å². The number of aliphatic imine (C=N–C) groups is 1. The number of rotatable bonds is 11. The predicted molar refractivity (Wildman–Crippen MR) is 100 cm³/mol. The normalized spacial score (nSPS) is 11.0. The van der Waals surface area contributed by atoms with Crippen LogP contribution in [0.2, 0.25) is 0 Å². The molecule has 1 aromatic carbocycles. The summed E-state index contributed by atoms with van der Waals surface area (Å²) in [5, 5.41) is 0. The number of esters is 1. The molecule has 2 rings (SSSR count). The zero-order chi connectivity index (χ0) is 18.6. The number of imidazole rings is 1. The fourth-order valence-electron chi connectivity index (χ4n) is 2.38. The Morgan fingerprint density at radius 3 is 2.92 bits per heavy atom. The van der Waals surface area contributed by atoms with Crippen molar-refractivity contribution in [1.82, 2.24) is 4.57 Å². The highest BCUT2D eigenvalue weighted by Gasteiger charge is 2.06. The van der Waals surface area contributed by atoms with E-state index in [0.29, 0.717) is 32.6 Å². The van der Waals surface area contributed by atoms with Crippen LogP contribution in [0.25, 0.3) is 0 Å². The SMILES string of the molecule is CCCN=Cc1ccccc1OCCCC(=O)OCCn1cc[n+](C)c1. The first-order valence-corrected chi connectivity index (χ1v) is 9.07. The van der Waals surface area contributed by atoms with Gasteiger partial charge in [0, 0.05) is 24.7 Å². The lowest BCUT2D eigenvalue weighted by atomic mass is 10.2. The molecule has 0 fully saturated rings. The van der Waals surface area contributed by atoms with Crippen molar-refractivity contribution in [3.05, 3.63) is 48.5 Å². The van der Waals surface area contributed by atoms with Crippen LogP contribution >= 0.6 is 0 Å². The van der Waals surface area contributed by atoms with Crippen LogP contribution in [0.1, 0.15) is 31.7 Å². The highest BCUT2D eigenvalue weighted by atomic mass is 16.5. The first kappa shape index (κ1) is 19.7. The minimum atomic E-state index is -0.192. The van der Waals surface area contributed by atoms with Gasteiger partial charge in [0.15, 0.2) is 0 Å². The van der Waals surface area contributed by atoms with Gasteiger partial charge in [0.2, 0.25) is 6.33 Å². The standard InChI is InChI=1S/C20H28N3O3/c1-3-10-21-16-18-7-4-5-8-19(18)25-14-6-9-20(24)26-15-13-23-12-11-22(2)17-23/h4-5,7-8,11-12,16-17H,3,6,9-10,13-15H2,1-2H3/q+1. The van der Waals surface area contributed by atoms with Gasteiger partial charge in [0.1, 0.15) is 31.3 Å². The number of carbonyl (C=O) groups excluding carboxylic acids is 1. The minimum absolute atomic E-state index is 0.192. The third kappa shape index (κ3) is 7.09. The van der Waals surface area contributed by atoms with E-state index in [4.69, 9.17) is 9.47 Å². The molecule has 0 N–H and O–H groups in total. The summed E-state index contributed by atoms with van der Waals surface area (Å²) in [6.07, 6.45) is 9.68. The molecule has 0 radical (unpaired) electrons. The van der Waals surface area contributed by atoms with Crippen LogP contribution in [0.4, 0.5) is 0 Å². The van der Waals surface area contributed by atoms with Gasteiger partial charge < -0.3 is 9.47 Å². The van der Waals surface area contributed by atoms with Gasteiger partial charge in [-0.2, -0.15) is 0 Å². The molecule has 0 atom stereocenters. The fraction of sp³-hybridized carbons (Fsp3) is 0.450. The molecule has 0 saturated carbocycles. The van der Waals surface area contributed by atoms with Gasteiger partial charge in [0.05, 0.1) is 13.7 Å². The van der Waals surface area contributed by atoms with Crippen LogP contribution in [0.5, 0.6) is 5.75 Å². The topological polar surface area (TPSA) is 56.7 Å². The van der Waals surface area contributed by atoms with Crippen molar-refractivity contribution in [2.45, 2.75) is 32.7 Å². The second kappa shape index (κ2) is 11.1. The molecule has 1 aromatic heterocycles. The van der Waals surface area contributed by atoms with E-state index in [1.54, 1.807) is 0 Å². The van der Waals surface area contributed by atoms with Crippen LogP contribution in [-0.4, -0.2) is 36.5 Å². The molecular formula is C20H28N3O3+. The summed E-state index contributed by atoms with van der Waals surface area (Å²) in [6, 6.07) is 7.79. The van der Waals surface area contributed by atoms with E-state index in [0.717, 1.165) is 24.3 Å². The second-order valence-electron chi connectivity index (χ2n) is 6.06. The predicted octanol–water partition coefficient (Wildman–Crippen LogP) is 2.54. The Kier molecular flexibility index (Phi) is 8.39. The summed E-state index contributed by atoms with van der Waals surface area (Å²) < 4.78 is 15.0. The monoisotopic (exact) mass is 358 g/mol. The number of hydrogen-bond acceptors (Lipinski definition) is 4. The van der Waals surface area contributed by atoms with Gasteiger partial charge in [0.25, 0.3) is 0 Å². The molecule has 0 aliphatic heterocycles. The maximum absolute atomic E-state index is 11.8. The fourth-order valence-corrected chi connectivity index (χ4v) is 2.38. The maximum Gasteiger partial charge on any atom is 0.306 e. The van der Waals surface area contributed by atoms with E-state index < -0.39 is 0 Å². The lowest BCUT2D eigenvalue weighted by Crippen LogP contribution is -2.24. The van der Waals surface area contributed by atoms with E-state index in [9.17, 15) is 4.79 Å². The number of para-hydroxylation sites is 1. The second-order valence-corrected chi connectivity index (χ2v) is 6.06. The van der Waals surface area contributed by atoms with Crippen LogP contribution in [-0.2, 0) is 23.1 Å². The van der Waals surface area contributed by atoms with Crippen LogP contribution in [0.15, 0.2) is 48.0 Å². The Balaban J connectivity index is 1.64. The molecule has 140 valence electrons. The summed E-state index contributed by atoms with van der Waals surface area (Å²) in [7, 11) is 1.95. The van der Waals surface area contributed by atoms with Gasteiger partial charge in [-0.05, 0) is 25.0 Å². The summed E-state index contributed by atoms with van der Waals surface area (Å²) in [5.41, 5.74) is 0.961. The van der Waals surface area contributed by atoms with E-state index in [-0.39, 0.29) is 5.97 Å². The Bertz CT molecular complexity index is 710. The number of aryl methyl sites for hydroxylation is 1. The molecule has 0 unspecified atom stereocenters. The molecule has 2 aromatic rings. The highest BCUT2D eigenvalue weighted by molar-refractivity contribution is 5.83. The highest BCUT2D eigenvalue weighted by Crippen LogP contribution is 2.16. The third-order valence-electron chi connectivity index (χ3n) is 3.72. The molecule has 6 nitrogen and oxygen atoms in total. The van der Waals surface area contributed by atoms with Crippen molar-refractivity contribution >= 4 is 12.2 Å². The lowest BCUT2D eigenvalue weighted by molar-refractivity contribution is -0.671. The number of aromatic nitrogens is 2. The number of carbonyl (C=O) groups is 1. The number of hydrogen-bond donors (Lipinski definition) is 0. The maximum atomic E-state index is 11.8. The summed E-state index contributed by atoms with van der Waals surface area (Å²) in [5.74, 6) is 0.601. The Labute approximate surface area is 155 Å². The zero-order valence-corrected chi connectivity index (χ0v) is 15.6. The smallest absolute Gasteiger partial charge is 0.306 e. The van der Waals surface area contributed by atoms with E-state index in [2.05, 4.69) is 11.9 Å². The van der Waals surface area contributed by atoms with Crippen molar-refractivity contribution in [2.75, 3.05) is 19.8 Å². The molecule has 0 bridgehead atoms. The van der Waals surface area contributed by atoms with Crippen LogP contribution in [0.3, 0.4) is 0 Å². The summed E-state index contributed by atoms with van der Waals surface area (Å²) in [6.45, 7) is 4.42. The molecule has 0 amide bonds. The first-order valence-electron chi connectivity index (χ1n) is 9.07. The Morgan fingerprint density at radius 2 is 2.15 bits per heavy atom. The summed E-state index contributed by atoms with van der Waals surface area (Å²) in [4.78, 5) is 16.1. The molecule has 0 spiro atoms. The molecule has 0 saturated heterocycles. The lowest BCUT2D eigenvalue weighted by Gasteiger charge is -2.09. The van der Waals surface area contributed by atoms with E-state index >= 15 is 0 Å². The number of benzene rings is 1. The van der Waals surface area contributed by atoms with Crippen molar-refractivity contribution in [2.24, 2.45) is 12.0 Å². The van der Waals surface area contributed by atoms with Crippen molar-refractivity contribution in [1.29, 1.82) is 0 Å². The number of ether oxygens (including phenoxy) is 2. The molecular weight excluding hydrogens is 330 g/mol. The first-order chi connectivity index (χ1) is 12.7. The molecule has 1 heterocycles. The van der Waals surface area contributed by atoms with Crippen LogP contribution in [0, 0.1) is 0 Å². The minimum Gasteiger partial charge on any atom is -0.493 e. The molecule has 0 aliphatic carbocycles. The average Bonchev–Trinajstić information content (AvgIpc) is 3.05. The number of nitrogens with zero attached hydrogens (tertiary/aromatic N) is 3. The van der Waals surface area contributed by atoms with Crippen molar-refractivity contribution < 1.29 is 18.8 Å². The zero-order valence-electron chi connectivity index (χ0n) is 15.6. The molecule has 6 heteroatoms. The largest absolute Gasteiger partial charge is 0.493 e. The quantitative estimate of drug-likeness (QED) is 0.268. The van der Waals surface area contributed by atoms with Gasteiger partial charge in [-0.25, -0.2) is 9.13 Å². The molecule has 0 aliphatic rings. The Morgan fingerprint density at radius 1 is 1.31 bits per heavy atom.